The highest BCUT2D eigenvalue weighted by Crippen LogP contribution is 2.30. The quantitative estimate of drug-likeness (QED) is 0.854. The van der Waals surface area contributed by atoms with Gasteiger partial charge in [0.15, 0.2) is 0 Å². The first kappa shape index (κ1) is 13.9. The van der Waals surface area contributed by atoms with Gasteiger partial charge in [-0.15, -0.1) is 0 Å². The number of carbonyl (C=O) groups is 1. The monoisotopic (exact) mass is 269 g/mol. The number of alkyl halides is 2. The molecule has 0 saturated carbocycles. The number of aryl methyl sites for hydroxylation is 1. The fraction of sp³-hybridized carbons (Fsp3) is 0.500. The second-order valence-corrected chi connectivity index (χ2v) is 4.92. The zero-order valence-corrected chi connectivity index (χ0v) is 11.0. The van der Waals surface area contributed by atoms with Crippen LogP contribution in [-0.4, -0.2) is 24.5 Å². The maximum Gasteiger partial charge on any atom is 0.377 e. The Morgan fingerprint density at radius 2 is 2.16 bits per heavy atom. The topological polar surface area (TPSA) is 38.3 Å². The molecular formula is C14H17F2NO2. The van der Waals surface area contributed by atoms with Crippen molar-refractivity contribution in [2.75, 3.05) is 6.54 Å². The summed E-state index contributed by atoms with van der Waals surface area (Å²) >= 11 is 0. The first-order chi connectivity index (χ1) is 8.90. The van der Waals surface area contributed by atoms with E-state index in [1.807, 2.05) is 38.1 Å². The number of rotatable bonds is 4. The van der Waals surface area contributed by atoms with Crippen molar-refractivity contribution in [2.45, 2.75) is 38.3 Å². The molecule has 1 aromatic carbocycles. The number of hydrogen-bond acceptors (Lipinski definition) is 3. The molecule has 2 rings (SSSR count). The molecule has 0 aromatic heterocycles. The first-order valence-corrected chi connectivity index (χ1v) is 6.28. The number of nitrogens with one attached hydrogen (secondary N) is 1. The molecule has 1 aliphatic rings. The van der Waals surface area contributed by atoms with Gasteiger partial charge in [-0.25, -0.2) is 4.79 Å². The van der Waals surface area contributed by atoms with Crippen molar-refractivity contribution in [3.8, 4) is 0 Å². The minimum Gasteiger partial charge on any atom is -0.456 e. The van der Waals surface area contributed by atoms with Crippen molar-refractivity contribution in [1.29, 1.82) is 0 Å². The standard InChI is InChI=1S/C14H17F2NO2/c1-9-5-3-4-6-12(9)10(2)17-8-11-7-14(15,16)13(18)19-11/h3-6,10-11,17H,7-8H2,1-2H3/t10-,11?/m0/s1. The van der Waals surface area contributed by atoms with Crippen LogP contribution in [0.1, 0.15) is 30.5 Å². The zero-order valence-electron chi connectivity index (χ0n) is 11.0. The number of hydrogen-bond donors (Lipinski definition) is 1. The number of cyclic esters (lactones) is 1. The average molecular weight is 269 g/mol. The molecule has 1 heterocycles. The fourth-order valence-electron chi connectivity index (χ4n) is 2.25. The third-order valence-corrected chi connectivity index (χ3v) is 3.36. The van der Waals surface area contributed by atoms with E-state index in [1.54, 1.807) is 0 Å². The van der Waals surface area contributed by atoms with Crippen molar-refractivity contribution in [2.24, 2.45) is 0 Å². The van der Waals surface area contributed by atoms with E-state index in [-0.39, 0.29) is 12.6 Å². The van der Waals surface area contributed by atoms with E-state index in [9.17, 15) is 13.6 Å². The van der Waals surface area contributed by atoms with Crippen LogP contribution in [-0.2, 0) is 9.53 Å². The van der Waals surface area contributed by atoms with Gasteiger partial charge in [-0.1, -0.05) is 24.3 Å². The molecular weight excluding hydrogens is 252 g/mol. The molecule has 0 aliphatic carbocycles. The highest BCUT2D eigenvalue weighted by molar-refractivity contribution is 5.79. The van der Waals surface area contributed by atoms with E-state index in [1.165, 1.54) is 0 Å². The average Bonchev–Trinajstić information content (AvgIpc) is 2.61. The van der Waals surface area contributed by atoms with Gasteiger partial charge < -0.3 is 10.1 Å². The number of carbonyl (C=O) groups excluding carboxylic acids is 1. The minimum atomic E-state index is -3.34. The maximum atomic E-state index is 13.0. The first-order valence-electron chi connectivity index (χ1n) is 6.28. The van der Waals surface area contributed by atoms with Crippen LogP contribution in [0.4, 0.5) is 8.78 Å². The lowest BCUT2D eigenvalue weighted by molar-refractivity contribution is -0.159. The number of benzene rings is 1. The largest absolute Gasteiger partial charge is 0.456 e. The van der Waals surface area contributed by atoms with Crippen LogP contribution in [0.15, 0.2) is 24.3 Å². The second-order valence-electron chi connectivity index (χ2n) is 4.92. The predicted octanol–water partition coefficient (Wildman–Crippen LogP) is 2.60. The summed E-state index contributed by atoms with van der Waals surface area (Å²) in [5.74, 6) is -4.75. The molecule has 1 aliphatic heterocycles. The lowest BCUT2D eigenvalue weighted by Crippen LogP contribution is -2.29. The van der Waals surface area contributed by atoms with E-state index in [0.29, 0.717) is 0 Å². The highest BCUT2D eigenvalue weighted by atomic mass is 19.3. The molecule has 1 saturated heterocycles. The summed E-state index contributed by atoms with van der Waals surface area (Å²) < 4.78 is 30.6. The van der Waals surface area contributed by atoms with Gasteiger partial charge in [-0.3, -0.25) is 0 Å². The lowest BCUT2D eigenvalue weighted by Gasteiger charge is -2.18. The summed E-state index contributed by atoms with van der Waals surface area (Å²) in [6.45, 7) is 4.19. The van der Waals surface area contributed by atoms with Crippen LogP contribution in [0.2, 0.25) is 0 Å². The Balaban J connectivity index is 1.90. The molecule has 104 valence electrons. The molecule has 0 radical (unpaired) electrons. The molecule has 0 amide bonds. The van der Waals surface area contributed by atoms with Gasteiger partial charge in [-0.05, 0) is 25.0 Å². The summed E-state index contributed by atoms with van der Waals surface area (Å²) in [5, 5.41) is 3.13. The molecule has 1 unspecified atom stereocenters. The Bertz CT molecular complexity index is 476. The Kier molecular flexibility index (Phi) is 3.85. The highest BCUT2D eigenvalue weighted by Gasteiger charge is 2.50. The Hall–Kier alpha value is -1.49. The van der Waals surface area contributed by atoms with Crippen LogP contribution in [0.25, 0.3) is 0 Å². The summed E-state index contributed by atoms with van der Waals surface area (Å²) in [6, 6.07) is 7.89. The Morgan fingerprint density at radius 3 is 2.74 bits per heavy atom. The molecule has 1 N–H and O–H groups in total. The van der Waals surface area contributed by atoms with Crippen LogP contribution in [0, 0.1) is 6.92 Å². The van der Waals surface area contributed by atoms with E-state index in [0.717, 1.165) is 11.1 Å². The Morgan fingerprint density at radius 1 is 1.47 bits per heavy atom. The van der Waals surface area contributed by atoms with Gasteiger partial charge >= 0.3 is 11.9 Å². The van der Waals surface area contributed by atoms with Crippen molar-refractivity contribution >= 4 is 5.97 Å². The van der Waals surface area contributed by atoms with Gasteiger partial charge in [0.05, 0.1) is 6.42 Å². The summed E-state index contributed by atoms with van der Waals surface area (Å²) in [6.07, 6.45) is -1.30. The molecule has 19 heavy (non-hydrogen) atoms. The summed E-state index contributed by atoms with van der Waals surface area (Å²) in [7, 11) is 0. The number of ether oxygens (including phenoxy) is 1. The molecule has 0 spiro atoms. The number of halogens is 2. The summed E-state index contributed by atoms with van der Waals surface area (Å²) in [4.78, 5) is 10.9. The van der Waals surface area contributed by atoms with Gasteiger partial charge in [0.2, 0.25) is 0 Å². The zero-order chi connectivity index (χ0) is 14.0. The fourth-order valence-corrected chi connectivity index (χ4v) is 2.25. The van der Waals surface area contributed by atoms with Gasteiger partial charge in [-0.2, -0.15) is 8.78 Å². The van der Waals surface area contributed by atoms with E-state index in [2.05, 4.69) is 10.1 Å². The van der Waals surface area contributed by atoms with Gasteiger partial charge in [0.1, 0.15) is 6.10 Å². The van der Waals surface area contributed by atoms with E-state index in [4.69, 9.17) is 0 Å². The Labute approximate surface area is 111 Å². The normalized spacial score (nSPS) is 23.2. The third kappa shape index (κ3) is 3.10. The van der Waals surface area contributed by atoms with Gasteiger partial charge in [0.25, 0.3) is 0 Å². The van der Waals surface area contributed by atoms with Gasteiger partial charge in [0, 0.05) is 12.6 Å². The van der Waals surface area contributed by atoms with Crippen molar-refractivity contribution < 1.29 is 18.3 Å². The van der Waals surface area contributed by atoms with Crippen LogP contribution in [0.3, 0.4) is 0 Å². The van der Waals surface area contributed by atoms with Crippen molar-refractivity contribution in [3.05, 3.63) is 35.4 Å². The minimum absolute atomic E-state index is 0.0223. The maximum absolute atomic E-state index is 13.0. The molecule has 5 heteroatoms. The summed E-state index contributed by atoms with van der Waals surface area (Å²) in [5.41, 5.74) is 2.25. The number of esters is 1. The van der Waals surface area contributed by atoms with E-state index >= 15 is 0 Å². The SMILES string of the molecule is Cc1ccccc1[C@H](C)NCC1CC(F)(F)C(=O)O1. The predicted molar refractivity (Wildman–Crippen MR) is 67.0 cm³/mol. The van der Waals surface area contributed by atoms with Crippen LogP contribution >= 0.6 is 0 Å². The third-order valence-electron chi connectivity index (χ3n) is 3.36. The lowest BCUT2D eigenvalue weighted by atomic mass is 10.0. The van der Waals surface area contributed by atoms with E-state index < -0.39 is 24.4 Å². The van der Waals surface area contributed by atoms with Crippen LogP contribution in [0.5, 0.6) is 0 Å². The van der Waals surface area contributed by atoms with Crippen molar-refractivity contribution in [1.82, 2.24) is 5.32 Å². The molecule has 2 atom stereocenters. The molecule has 1 fully saturated rings. The second kappa shape index (κ2) is 5.25. The molecule has 3 nitrogen and oxygen atoms in total. The van der Waals surface area contributed by atoms with Crippen LogP contribution < -0.4 is 5.32 Å². The molecule has 0 bridgehead atoms. The van der Waals surface area contributed by atoms with Crippen molar-refractivity contribution in [3.63, 3.8) is 0 Å². The smallest absolute Gasteiger partial charge is 0.377 e. The molecule has 1 aromatic rings.